The van der Waals surface area contributed by atoms with Crippen LogP contribution in [0.1, 0.15) is 70.8 Å². The molecule has 0 radical (unpaired) electrons. The standard InChI is InChI=1S/C33H35N5O6/c1-6-43-33(42)23-9-7-8-10-28(23)44-16-15-34-31(40)21-11-13-24-27(17-21)37(5)29(35-24)20(4)30-36-25-18-22(39)12-14-26(25)38(30)32(41)19(2)3/h7-14,17-20,39H,6,15-16H2,1-5H3,(H,34,40). The molecular formula is C33H35N5O6. The van der Waals surface area contributed by atoms with Crippen LogP contribution in [0, 0.1) is 5.92 Å². The molecule has 0 spiro atoms. The lowest BCUT2D eigenvalue weighted by Crippen LogP contribution is -2.28. The summed E-state index contributed by atoms with van der Waals surface area (Å²) in [5.74, 6) is 0.142. The summed E-state index contributed by atoms with van der Waals surface area (Å²) in [7, 11) is 1.86. The molecule has 11 heteroatoms. The van der Waals surface area contributed by atoms with Gasteiger partial charge in [0.15, 0.2) is 0 Å². The molecule has 2 aromatic heterocycles. The summed E-state index contributed by atoms with van der Waals surface area (Å²) >= 11 is 0. The van der Waals surface area contributed by atoms with Gasteiger partial charge >= 0.3 is 5.97 Å². The van der Waals surface area contributed by atoms with Crippen LogP contribution in [0.25, 0.3) is 22.1 Å². The smallest absolute Gasteiger partial charge is 0.341 e. The number of esters is 1. The third kappa shape index (κ3) is 5.85. The van der Waals surface area contributed by atoms with E-state index in [2.05, 4.69) is 5.32 Å². The Balaban J connectivity index is 1.34. The Labute approximate surface area is 254 Å². The molecule has 5 aromatic rings. The number of amides is 1. The summed E-state index contributed by atoms with van der Waals surface area (Å²) in [6.45, 7) is 7.97. The molecule has 44 heavy (non-hydrogen) atoms. The van der Waals surface area contributed by atoms with Crippen LogP contribution in [-0.2, 0) is 11.8 Å². The number of aromatic hydroxyl groups is 1. The SMILES string of the molecule is CCOC(=O)c1ccccc1OCCNC(=O)c1ccc2nc(C(C)c3nc4cc(O)ccc4n3C(=O)C(C)C)n(C)c2c1. The first kappa shape index (κ1) is 30.3. The van der Waals surface area contributed by atoms with E-state index in [0.717, 1.165) is 5.52 Å². The fourth-order valence-electron chi connectivity index (χ4n) is 5.12. The Kier molecular flexibility index (Phi) is 8.66. The van der Waals surface area contributed by atoms with Crippen LogP contribution in [0.3, 0.4) is 0 Å². The lowest BCUT2D eigenvalue weighted by Gasteiger charge is -2.15. The van der Waals surface area contributed by atoms with Crippen molar-refractivity contribution < 1.29 is 29.0 Å². The van der Waals surface area contributed by atoms with Gasteiger partial charge in [0.2, 0.25) is 5.91 Å². The van der Waals surface area contributed by atoms with E-state index >= 15 is 0 Å². The van der Waals surface area contributed by atoms with E-state index in [-0.39, 0.29) is 49.2 Å². The van der Waals surface area contributed by atoms with Crippen molar-refractivity contribution in [1.29, 1.82) is 0 Å². The first-order valence-corrected chi connectivity index (χ1v) is 14.5. The van der Waals surface area contributed by atoms with E-state index in [1.165, 1.54) is 0 Å². The molecule has 5 rings (SSSR count). The third-order valence-electron chi connectivity index (χ3n) is 7.36. The van der Waals surface area contributed by atoms with Crippen LogP contribution >= 0.6 is 0 Å². The number of fused-ring (bicyclic) bond motifs is 2. The number of nitrogens with one attached hydrogen (secondary N) is 1. The van der Waals surface area contributed by atoms with Crippen LogP contribution in [0.5, 0.6) is 11.5 Å². The molecule has 1 amide bonds. The van der Waals surface area contributed by atoms with E-state index in [0.29, 0.717) is 45.1 Å². The molecule has 2 N–H and O–H groups in total. The Bertz CT molecular complexity index is 1870. The summed E-state index contributed by atoms with van der Waals surface area (Å²) in [4.78, 5) is 48.0. The number of carbonyl (C=O) groups is 3. The van der Waals surface area contributed by atoms with E-state index in [1.54, 1.807) is 72.2 Å². The van der Waals surface area contributed by atoms with Crippen molar-refractivity contribution in [2.24, 2.45) is 13.0 Å². The molecule has 1 atom stereocenters. The molecule has 0 bridgehead atoms. The predicted molar refractivity (Wildman–Crippen MR) is 165 cm³/mol. The maximum absolute atomic E-state index is 13.3. The summed E-state index contributed by atoms with van der Waals surface area (Å²) in [5.41, 5.74) is 3.36. The van der Waals surface area contributed by atoms with Crippen LogP contribution < -0.4 is 10.1 Å². The summed E-state index contributed by atoms with van der Waals surface area (Å²) in [6.07, 6.45) is 0. The molecule has 228 valence electrons. The molecule has 2 heterocycles. The van der Waals surface area contributed by atoms with Crippen molar-refractivity contribution in [2.75, 3.05) is 19.8 Å². The Hall–Kier alpha value is -5.19. The third-order valence-corrected chi connectivity index (χ3v) is 7.36. The number of imidazole rings is 2. The Morgan fingerprint density at radius 1 is 0.932 bits per heavy atom. The number of phenolic OH excluding ortho intramolecular Hbond substituents is 1. The Morgan fingerprint density at radius 2 is 1.68 bits per heavy atom. The highest BCUT2D eigenvalue weighted by molar-refractivity contribution is 5.97. The fraction of sp³-hybridized carbons (Fsp3) is 0.303. The minimum Gasteiger partial charge on any atom is -0.508 e. The zero-order chi connectivity index (χ0) is 31.5. The highest BCUT2D eigenvalue weighted by Crippen LogP contribution is 2.31. The number of ether oxygens (including phenoxy) is 2. The van der Waals surface area contributed by atoms with Crippen molar-refractivity contribution in [3.05, 3.63) is 83.4 Å². The van der Waals surface area contributed by atoms with Crippen molar-refractivity contribution in [1.82, 2.24) is 24.4 Å². The minimum absolute atomic E-state index is 0.0694. The van der Waals surface area contributed by atoms with Crippen molar-refractivity contribution >= 4 is 39.9 Å². The fourth-order valence-corrected chi connectivity index (χ4v) is 5.12. The van der Waals surface area contributed by atoms with Crippen molar-refractivity contribution in [3.63, 3.8) is 0 Å². The van der Waals surface area contributed by atoms with E-state index in [4.69, 9.17) is 19.4 Å². The molecule has 0 aliphatic heterocycles. The van der Waals surface area contributed by atoms with Gasteiger partial charge in [-0.1, -0.05) is 26.0 Å². The zero-order valence-corrected chi connectivity index (χ0v) is 25.3. The number of aryl methyl sites for hydroxylation is 1. The highest BCUT2D eigenvalue weighted by Gasteiger charge is 2.27. The topological polar surface area (TPSA) is 138 Å². The normalized spacial score (nSPS) is 12.0. The Morgan fingerprint density at radius 3 is 2.43 bits per heavy atom. The van der Waals surface area contributed by atoms with Crippen LogP contribution in [-0.4, -0.2) is 61.8 Å². The molecular weight excluding hydrogens is 562 g/mol. The van der Waals surface area contributed by atoms with Gasteiger partial charge in [0.05, 0.1) is 41.1 Å². The maximum Gasteiger partial charge on any atom is 0.341 e. The number of para-hydroxylation sites is 1. The van der Waals surface area contributed by atoms with E-state index < -0.39 is 5.97 Å². The van der Waals surface area contributed by atoms with Crippen molar-refractivity contribution in [3.8, 4) is 11.5 Å². The molecule has 0 aliphatic carbocycles. The van der Waals surface area contributed by atoms with Crippen LogP contribution in [0.4, 0.5) is 0 Å². The van der Waals surface area contributed by atoms with Crippen LogP contribution in [0.2, 0.25) is 0 Å². The first-order valence-electron chi connectivity index (χ1n) is 14.5. The number of phenols is 1. The number of hydrogen-bond acceptors (Lipinski definition) is 8. The summed E-state index contributed by atoms with van der Waals surface area (Å²) < 4.78 is 14.3. The molecule has 0 saturated heterocycles. The predicted octanol–water partition coefficient (Wildman–Crippen LogP) is 5.06. The number of carbonyl (C=O) groups excluding carboxylic acids is 3. The molecule has 0 saturated carbocycles. The van der Waals surface area contributed by atoms with Gasteiger partial charge in [-0.25, -0.2) is 14.8 Å². The van der Waals surface area contributed by atoms with Gasteiger partial charge in [-0.2, -0.15) is 0 Å². The molecule has 1 unspecified atom stereocenters. The zero-order valence-electron chi connectivity index (χ0n) is 25.3. The average Bonchev–Trinajstić information content (AvgIpc) is 3.55. The maximum atomic E-state index is 13.3. The van der Waals surface area contributed by atoms with Gasteiger partial charge in [-0.15, -0.1) is 0 Å². The van der Waals surface area contributed by atoms with Gasteiger partial charge in [0, 0.05) is 24.6 Å². The lowest BCUT2D eigenvalue weighted by atomic mass is 10.1. The number of nitrogens with zero attached hydrogens (tertiary/aromatic N) is 4. The minimum atomic E-state index is -0.464. The number of hydrogen-bond donors (Lipinski definition) is 2. The number of aromatic nitrogens is 4. The average molecular weight is 598 g/mol. The van der Waals surface area contributed by atoms with Gasteiger partial charge in [-0.05, 0) is 56.3 Å². The van der Waals surface area contributed by atoms with Gasteiger partial charge < -0.3 is 24.5 Å². The quantitative estimate of drug-likeness (QED) is 0.168. The van der Waals surface area contributed by atoms with Gasteiger partial charge in [0.25, 0.3) is 5.91 Å². The van der Waals surface area contributed by atoms with E-state index in [9.17, 15) is 19.5 Å². The number of benzene rings is 3. The lowest BCUT2D eigenvalue weighted by molar-refractivity contribution is 0.0521. The molecule has 11 nitrogen and oxygen atoms in total. The molecule has 3 aromatic carbocycles. The summed E-state index contributed by atoms with van der Waals surface area (Å²) in [6, 6.07) is 16.8. The monoisotopic (exact) mass is 597 g/mol. The van der Waals surface area contributed by atoms with Crippen LogP contribution in [0.15, 0.2) is 60.7 Å². The molecule has 0 aliphatic rings. The van der Waals surface area contributed by atoms with Crippen molar-refractivity contribution in [2.45, 2.75) is 33.6 Å². The first-order chi connectivity index (χ1) is 21.1. The van der Waals surface area contributed by atoms with E-state index in [1.807, 2.05) is 32.4 Å². The second-order valence-electron chi connectivity index (χ2n) is 10.7. The second kappa shape index (κ2) is 12.6. The van der Waals surface area contributed by atoms with Gasteiger partial charge in [-0.3, -0.25) is 14.2 Å². The summed E-state index contributed by atoms with van der Waals surface area (Å²) in [5, 5.41) is 12.9. The molecule has 0 fully saturated rings. The van der Waals surface area contributed by atoms with Gasteiger partial charge in [0.1, 0.15) is 35.3 Å². The number of rotatable bonds is 10. The second-order valence-corrected chi connectivity index (χ2v) is 10.7. The largest absolute Gasteiger partial charge is 0.508 e. The highest BCUT2D eigenvalue weighted by atomic mass is 16.5.